The second-order valence-corrected chi connectivity index (χ2v) is 9.07. The Kier molecular flexibility index (Phi) is 6.22. The molecule has 1 aromatic carbocycles. The van der Waals surface area contributed by atoms with Crippen molar-refractivity contribution in [2.24, 2.45) is 0 Å². The van der Waals surface area contributed by atoms with Crippen LogP contribution in [0.5, 0.6) is 0 Å². The molecule has 0 radical (unpaired) electrons. The van der Waals surface area contributed by atoms with Gasteiger partial charge in [0, 0.05) is 50.9 Å². The molecule has 1 aromatic heterocycles. The van der Waals surface area contributed by atoms with E-state index in [1.807, 2.05) is 16.8 Å². The molecule has 2 heterocycles. The van der Waals surface area contributed by atoms with E-state index in [4.69, 9.17) is 0 Å². The second kappa shape index (κ2) is 8.44. The Hall–Kier alpha value is -1.85. The van der Waals surface area contributed by atoms with Crippen LogP contribution in [0.2, 0.25) is 0 Å². The molecule has 2 aromatic rings. The number of rotatable bonds is 7. The Morgan fingerprint density at radius 2 is 2.00 bits per heavy atom. The number of thiophene rings is 1. The summed E-state index contributed by atoms with van der Waals surface area (Å²) in [6, 6.07) is 7.04. The number of nitrogens with zero attached hydrogens (tertiary/aromatic N) is 3. The summed E-state index contributed by atoms with van der Waals surface area (Å²) in [4.78, 5) is 14.7. The SMILES string of the molecule is CN1CCN(C(CNS(=O)(=O)c2cccc([N+](=O)[O-])c2)c2ccsc2)CC1. The lowest BCUT2D eigenvalue weighted by molar-refractivity contribution is -0.385. The molecule has 0 spiro atoms. The summed E-state index contributed by atoms with van der Waals surface area (Å²) in [7, 11) is -1.77. The Bertz CT molecular complexity index is 878. The van der Waals surface area contributed by atoms with Crippen LogP contribution in [0.1, 0.15) is 11.6 Å². The monoisotopic (exact) mass is 410 g/mol. The topological polar surface area (TPSA) is 95.8 Å². The first-order chi connectivity index (χ1) is 12.9. The quantitative estimate of drug-likeness (QED) is 0.553. The minimum atomic E-state index is -3.84. The van der Waals surface area contributed by atoms with E-state index in [1.54, 1.807) is 11.3 Å². The van der Waals surface area contributed by atoms with Crippen molar-refractivity contribution < 1.29 is 13.3 Å². The summed E-state index contributed by atoms with van der Waals surface area (Å²) in [5.74, 6) is 0. The molecule has 146 valence electrons. The standard InChI is InChI=1S/C17H22N4O4S2/c1-19-6-8-20(9-7-19)17(14-5-10-26-13-14)12-18-27(24,25)16-4-2-3-15(11-16)21(22)23/h2-5,10-11,13,17-18H,6-9,12H2,1H3. The number of piperazine rings is 1. The van der Waals surface area contributed by atoms with Gasteiger partial charge in [-0.15, -0.1) is 0 Å². The van der Waals surface area contributed by atoms with Crippen molar-refractivity contribution in [2.45, 2.75) is 10.9 Å². The van der Waals surface area contributed by atoms with E-state index in [-0.39, 0.29) is 23.2 Å². The fourth-order valence-electron chi connectivity index (χ4n) is 3.09. The zero-order valence-corrected chi connectivity index (χ0v) is 16.6. The predicted octanol–water partition coefficient (Wildman–Crippen LogP) is 1.92. The smallest absolute Gasteiger partial charge is 0.270 e. The van der Waals surface area contributed by atoms with Gasteiger partial charge in [0.05, 0.1) is 9.82 Å². The van der Waals surface area contributed by atoms with Gasteiger partial charge < -0.3 is 4.90 Å². The summed E-state index contributed by atoms with van der Waals surface area (Å²) >= 11 is 1.58. The van der Waals surface area contributed by atoms with E-state index in [0.29, 0.717) is 0 Å². The number of nitro groups is 1. The van der Waals surface area contributed by atoms with Crippen LogP contribution in [-0.4, -0.2) is 62.9 Å². The lowest BCUT2D eigenvalue weighted by Gasteiger charge is -2.37. The van der Waals surface area contributed by atoms with Crippen LogP contribution in [0.3, 0.4) is 0 Å². The van der Waals surface area contributed by atoms with Crippen LogP contribution in [0, 0.1) is 10.1 Å². The molecule has 27 heavy (non-hydrogen) atoms. The maximum atomic E-state index is 12.7. The van der Waals surface area contributed by atoms with Crippen molar-refractivity contribution in [2.75, 3.05) is 39.8 Å². The highest BCUT2D eigenvalue weighted by atomic mass is 32.2. The Balaban J connectivity index is 1.76. The minimum absolute atomic E-state index is 0.0709. The average molecular weight is 411 g/mol. The van der Waals surface area contributed by atoms with Gasteiger partial charge in [-0.05, 0) is 35.5 Å². The maximum Gasteiger partial charge on any atom is 0.270 e. The summed E-state index contributed by atoms with van der Waals surface area (Å²) < 4.78 is 28.0. The molecule has 8 nitrogen and oxygen atoms in total. The number of benzene rings is 1. The lowest BCUT2D eigenvalue weighted by atomic mass is 10.1. The number of hydrogen-bond donors (Lipinski definition) is 1. The van der Waals surface area contributed by atoms with Crippen LogP contribution in [-0.2, 0) is 10.0 Å². The highest BCUT2D eigenvalue weighted by molar-refractivity contribution is 7.89. The molecule has 1 unspecified atom stereocenters. The lowest BCUT2D eigenvalue weighted by Crippen LogP contribution is -2.48. The first-order valence-corrected chi connectivity index (χ1v) is 11.0. The van der Waals surface area contributed by atoms with Crippen molar-refractivity contribution in [3.63, 3.8) is 0 Å². The number of sulfonamides is 1. The Morgan fingerprint density at radius 3 is 2.63 bits per heavy atom. The molecule has 0 saturated carbocycles. The maximum absolute atomic E-state index is 12.7. The van der Waals surface area contributed by atoms with Crippen molar-refractivity contribution in [3.8, 4) is 0 Å². The molecule has 0 amide bonds. The Morgan fingerprint density at radius 1 is 1.26 bits per heavy atom. The molecule has 0 bridgehead atoms. The van der Waals surface area contributed by atoms with Crippen LogP contribution in [0.25, 0.3) is 0 Å². The largest absolute Gasteiger partial charge is 0.304 e. The number of non-ortho nitro benzene ring substituents is 1. The zero-order chi connectivity index (χ0) is 19.4. The van der Waals surface area contributed by atoms with E-state index in [2.05, 4.69) is 21.6 Å². The molecule has 10 heteroatoms. The number of hydrogen-bond acceptors (Lipinski definition) is 7. The molecule has 1 N–H and O–H groups in total. The van der Waals surface area contributed by atoms with Crippen LogP contribution in [0.15, 0.2) is 46.0 Å². The third-order valence-corrected chi connectivity index (χ3v) is 6.83. The van der Waals surface area contributed by atoms with Gasteiger partial charge in [-0.25, -0.2) is 13.1 Å². The first-order valence-electron chi connectivity index (χ1n) is 8.55. The normalized spacial score (nSPS) is 17.7. The van der Waals surface area contributed by atoms with Gasteiger partial charge in [-0.2, -0.15) is 11.3 Å². The van der Waals surface area contributed by atoms with Crippen molar-refractivity contribution in [1.29, 1.82) is 0 Å². The summed E-state index contributed by atoms with van der Waals surface area (Å²) in [6.45, 7) is 3.78. The van der Waals surface area contributed by atoms with Gasteiger partial charge >= 0.3 is 0 Å². The zero-order valence-electron chi connectivity index (χ0n) is 14.9. The molecule has 1 aliphatic rings. The molecule has 1 saturated heterocycles. The van der Waals surface area contributed by atoms with E-state index < -0.39 is 14.9 Å². The molecular weight excluding hydrogens is 388 g/mol. The van der Waals surface area contributed by atoms with Crippen molar-refractivity contribution in [3.05, 3.63) is 56.8 Å². The van der Waals surface area contributed by atoms with Gasteiger partial charge in [-0.1, -0.05) is 6.07 Å². The summed E-state index contributed by atoms with van der Waals surface area (Å²) in [6.07, 6.45) is 0. The summed E-state index contributed by atoms with van der Waals surface area (Å²) in [5, 5.41) is 14.9. The average Bonchev–Trinajstić information content (AvgIpc) is 3.18. The van der Waals surface area contributed by atoms with Gasteiger partial charge in [0.2, 0.25) is 10.0 Å². The molecule has 1 aliphatic heterocycles. The summed E-state index contributed by atoms with van der Waals surface area (Å²) in [5.41, 5.74) is 0.831. The third-order valence-electron chi connectivity index (χ3n) is 4.71. The number of nitrogens with one attached hydrogen (secondary N) is 1. The fraction of sp³-hybridized carbons (Fsp3) is 0.412. The fourth-order valence-corrected chi connectivity index (χ4v) is 4.88. The minimum Gasteiger partial charge on any atom is -0.304 e. The highest BCUT2D eigenvalue weighted by Crippen LogP contribution is 2.25. The first kappa shape index (κ1) is 19.9. The van der Waals surface area contributed by atoms with Crippen molar-refractivity contribution in [1.82, 2.24) is 14.5 Å². The highest BCUT2D eigenvalue weighted by Gasteiger charge is 2.26. The molecule has 1 atom stereocenters. The van der Waals surface area contributed by atoms with E-state index in [9.17, 15) is 18.5 Å². The number of likely N-dealkylation sites (N-methyl/N-ethyl adjacent to an activating group) is 1. The second-order valence-electron chi connectivity index (χ2n) is 6.52. The van der Waals surface area contributed by atoms with Gasteiger partial charge in [0.25, 0.3) is 5.69 Å². The third kappa shape index (κ3) is 4.90. The molecule has 1 fully saturated rings. The molecule has 0 aliphatic carbocycles. The van der Waals surface area contributed by atoms with Crippen LogP contribution in [0.4, 0.5) is 5.69 Å². The van der Waals surface area contributed by atoms with Crippen LogP contribution >= 0.6 is 11.3 Å². The van der Waals surface area contributed by atoms with Gasteiger partial charge in [-0.3, -0.25) is 15.0 Å². The van der Waals surface area contributed by atoms with E-state index in [1.165, 1.54) is 18.2 Å². The number of nitro benzene ring substituents is 1. The van der Waals surface area contributed by atoms with Gasteiger partial charge in [0.1, 0.15) is 0 Å². The molecule has 3 rings (SSSR count). The molecular formula is C17H22N4O4S2. The van der Waals surface area contributed by atoms with E-state index in [0.717, 1.165) is 37.8 Å². The predicted molar refractivity (Wildman–Crippen MR) is 104 cm³/mol. The van der Waals surface area contributed by atoms with E-state index >= 15 is 0 Å². The van der Waals surface area contributed by atoms with Crippen LogP contribution < -0.4 is 4.72 Å². The van der Waals surface area contributed by atoms with Crippen molar-refractivity contribution >= 4 is 27.0 Å². The Labute approximate surface area is 162 Å². The van der Waals surface area contributed by atoms with Gasteiger partial charge in [0.15, 0.2) is 0 Å².